The molecule has 7 heteroatoms. The van der Waals surface area contributed by atoms with E-state index in [1.165, 1.54) is 12.7 Å². The smallest absolute Gasteiger partial charge is 0.134 e. The Morgan fingerprint density at radius 2 is 1.80 bits per heavy atom. The first-order chi connectivity index (χ1) is 17.2. The molecule has 35 heavy (non-hydrogen) atoms. The van der Waals surface area contributed by atoms with Crippen LogP contribution in [0.1, 0.15) is 34.6 Å². The highest BCUT2D eigenvalue weighted by molar-refractivity contribution is 6.01. The third kappa shape index (κ3) is 6.31. The number of ether oxygens (including phenoxy) is 3. The van der Waals surface area contributed by atoms with Crippen LogP contribution in [0.3, 0.4) is 0 Å². The number of nitriles is 1. The largest absolute Gasteiger partial charge is 0.493 e. The molecule has 0 aromatic heterocycles. The van der Waals surface area contributed by atoms with Crippen LogP contribution in [0, 0.1) is 11.3 Å². The van der Waals surface area contributed by atoms with Gasteiger partial charge in [-0.2, -0.15) is 5.26 Å². The Morgan fingerprint density at radius 1 is 1.06 bits per heavy atom. The lowest BCUT2D eigenvalue weighted by Gasteiger charge is -2.12. The molecule has 0 spiro atoms. The second-order valence-corrected chi connectivity index (χ2v) is 8.13. The number of hydrogen-bond donors (Lipinski definition) is 1. The van der Waals surface area contributed by atoms with Gasteiger partial charge in [0.2, 0.25) is 0 Å². The van der Waals surface area contributed by atoms with Crippen LogP contribution in [0.5, 0.6) is 17.2 Å². The predicted octanol–water partition coefficient (Wildman–Crippen LogP) is 4.62. The van der Waals surface area contributed by atoms with Gasteiger partial charge in [-0.25, -0.2) is 0 Å². The van der Waals surface area contributed by atoms with Gasteiger partial charge in [0.25, 0.3) is 0 Å². The van der Waals surface area contributed by atoms with Crippen molar-refractivity contribution in [2.45, 2.75) is 25.4 Å². The average molecular weight is 473 g/mol. The first-order valence-corrected chi connectivity index (χ1v) is 11.5. The third-order valence-corrected chi connectivity index (χ3v) is 5.78. The fourth-order valence-corrected chi connectivity index (χ4v) is 3.87. The average Bonchev–Trinajstić information content (AvgIpc) is 3.37. The molecular formula is C28H28N2O5. The van der Waals surface area contributed by atoms with E-state index in [9.17, 15) is 5.26 Å². The summed E-state index contributed by atoms with van der Waals surface area (Å²) in [7, 11) is 1.52. The number of oxime groups is 1. The van der Waals surface area contributed by atoms with Gasteiger partial charge in [0.15, 0.2) is 0 Å². The van der Waals surface area contributed by atoms with Gasteiger partial charge in [-0.15, -0.1) is 0 Å². The lowest BCUT2D eigenvalue weighted by atomic mass is 9.98. The summed E-state index contributed by atoms with van der Waals surface area (Å²) >= 11 is 0. The summed E-state index contributed by atoms with van der Waals surface area (Å²) in [5, 5.41) is 22.5. The van der Waals surface area contributed by atoms with Crippen molar-refractivity contribution in [3.63, 3.8) is 0 Å². The topological polar surface area (TPSA) is 93.3 Å². The zero-order chi connectivity index (χ0) is 24.5. The highest BCUT2D eigenvalue weighted by atomic mass is 16.6. The predicted molar refractivity (Wildman–Crippen MR) is 132 cm³/mol. The number of hydrogen-bond acceptors (Lipinski definition) is 7. The SMILES string of the molecule is CO/N=C(\COc1ccc(COc2ccc(C(C#N)CCO)cc2)cc1)c1ccc2c(c1)CCO2. The molecule has 3 aromatic carbocycles. The van der Waals surface area contributed by atoms with Crippen LogP contribution in [0.2, 0.25) is 0 Å². The quantitative estimate of drug-likeness (QED) is 0.323. The highest BCUT2D eigenvalue weighted by Gasteiger charge is 2.15. The molecule has 1 atom stereocenters. The van der Waals surface area contributed by atoms with Gasteiger partial charge in [0.1, 0.15) is 43.3 Å². The molecule has 3 aromatic rings. The summed E-state index contributed by atoms with van der Waals surface area (Å²) in [5.41, 5.74) is 4.70. The maximum absolute atomic E-state index is 9.22. The maximum Gasteiger partial charge on any atom is 0.134 e. The zero-order valence-electron chi connectivity index (χ0n) is 19.6. The van der Waals surface area contributed by atoms with E-state index < -0.39 is 0 Å². The van der Waals surface area contributed by atoms with E-state index in [1.807, 2.05) is 60.7 Å². The van der Waals surface area contributed by atoms with E-state index in [2.05, 4.69) is 17.3 Å². The Balaban J connectivity index is 1.31. The van der Waals surface area contributed by atoms with Crippen LogP contribution in [-0.4, -0.2) is 37.7 Å². The van der Waals surface area contributed by atoms with Crippen molar-refractivity contribution in [3.05, 3.63) is 89.0 Å². The van der Waals surface area contributed by atoms with Crippen LogP contribution in [-0.2, 0) is 17.9 Å². The van der Waals surface area contributed by atoms with Gasteiger partial charge < -0.3 is 24.2 Å². The Morgan fingerprint density at radius 3 is 2.51 bits per heavy atom. The van der Waals surface area contributed by atoms with E-state index in [0.717, 1.165) is 40.4 Å². The zero-order valence-corrected chi connectivity index (χ0v) is 19.6. The van der Waals surface area contributed by atoms with Gasteiger partial charge >= 0.3 is 0 Å². The van der Waals surface area contributed by atoms with Crippen molar-refractivity contribution in [2.75, 3.05) is 26.9 Å². The summed E-state index contributed by atoms with van der Waals surface area (Å²) < 4.78 is 17.4. The molecule has 7 nitrogen and oxygen atoms in total. The first-order valence-electron chi connectivity index (χ1n) is 11.5. The van der Waals surface area contributed by atoms with Crippen molar-refractivity contribution in [3.8, 4) is 23.3 Å². The van der Waals surface area contributed by atoms with Gasteiger partial charge in [-0.05, 0) is 65.6 Å². The molecule has 0 saturated heterocycles. The molecule has 0 fully saturated rings. The second kappa shape index (κ2) is 11.9. The van der Waals surface area contributed by atoms with E-state index in [-0.39, 0.29) is 19.1 Å². The number of fused-ring (bicyclic) bond motifs is 1. The number of rotatable bonds is 11. The van der Waals surface area contributed by atoms with Crippen LogP contribution in [0.15, 0.2) is 71.9 Å². The molecule has 0 aliphatic carbocycles. The summed E-state index contributed by atoms with van der Waals surface area (Å²) in [5.74, 6) is 2.05. The number of nitrogens with zero attached hydrogens (tertiary/aromatic N) is 2. The monoisotopic (exact) mass is 472 g/mol. The molecule has 0 radical (unpaired) electrons. The minimum atomic E-state index is -0.312. The molecule has 0 bridgehead atoms. The maximum atomic E-state index is 9.22. The highest BCUT2D eigenvalue weighted by Crippen LogP contribution is 2.26. The Kier molecular flexibility index (Phi) is 8.21. The fourth-order valence-electron chi connectivity index (χ4n) is 3.87. The summed E-state index contributed by atoms with van der Waals surface area (Å²) in [4.78, 5) is 5.03. The van der Waals surface area contributed by atoms with E-state index in [1.54, 1.807) is 0 Å². The molecule has 1 unspecified atom stereocenters. The van der Waals surface area contributed by atoms with Crippen LogP contribution in [0.25, 0.3) is 0 Å². The molecule has 0 saturated carbocycles. The normalized spacial score (nSPS) is 13.3. The molecule has 1 N–H and O–H groups in total. The number of benzene rings is 3. The standard InChI is InChI=1S/C28H28N2O5/c1-32-30-27(22-6-11-28-23(16-22)13-15-33-28)19-35-25-7-2-20(3-8-25)18-34-26-9-4-21(5-10-26)24(17-29)12-14-31/h2-11,16,24,31H,12-15,18-19H2,1H3/b30-27+. The first kappa shape index (κ1) is 24.1. The lowest BCUT2D eigenvalue weighted by Crippen LogP contribution is -2.14. The van der Waals surface area contributed by atoms with Crippen molar-refractivity contribution >= 4 is 5.71 Å². The van der Waals surface area contributed by atoms with Gasteiger partial charge in [0.05, 0.1) is 18.6 Å². The summed E-state index contributed by atoms with van der Waals surface area (Å²) in [6, 6.07) is 23.3. The molecule has 1 aliphatic rings. The van der Waals surface area contributed by atoms with Gasteiger partial charge in [-0.3, -0.25) is 0 Å². The minimum Gasteiger partial charge on any atom is -0.493 e. The van der Waals surface area contributed by atoms with E-state index in [4.69, 9.17) is 24.2 Å². The fraction of sp³-hybridized carbons (Fsp3) is 0.286. The lowest BCUT2D eigenvalue weighted by molar-refractivity contribution is 0.210. The summed E-state index contributed by atoms with van der Waals surface area (Å²) in [6.45, 7) is 1.38. The molecule has 1 heterocycles. The molecule has 4 rings (SSSR count). The van der Waals surface area contributed by atoms with E-state index in [0.29, 0.717) is 25.3 Å². The van der Waals surface area contributed by atoms with E-state index >= 15 is 0 Å². The molecular weight excluding hydrogens is 444 g/mol. The van der Waals surface area contributed by atoms with Crippen molar-refractivity contribution in [1.82, 2.24) is 0 Å². The van der Waals surface area contributed by atoms with Crippen molar-refractivity contribution in [2.24, 2.45) is 5.16 Å². The number of aliphatic hydroxyl groups excluding tert-OH is 1. The van der Waals surface area contributed by atoms with Crippen molar-refractivity contribution < 1.29 is 24.2 Å². The van der Waals surface area contributed by atoms with Crippen LogP contribution < -0.4 is 14.2 Å². The molecule has 180 valence electrons. The number of aliphatic hydroxyl groups is 1. The molecule has 0 amide bonds. The van der Waals surface area contributed by atoms with Gasteiger partial charge in [0, 0.05) is 18.6 Å². The second-order valence-electron chi connectivity index (χ2n) is 8.13. The third-order valence-electron chi connectivity index (χ3n) is 5.78. The Labute approximate surface area is 205 Å². The minimum absolute atomic E-state index is 0.0138. The van der Waals surface area contributed by atoms with Crippen molar-refractivity contribution in [1.29, 1.82) is 5.26 Å². The van der Waals surface area contributed by atoms with Gasteiger partial charge in [-0.1, -0.05) is 29.4 Å². The summed E-state index contributed by atoms with van der Waals surface area (Å²) in [6.07, 6.45) is 1.31. The Bertz CT molecular complexity index is 1180. The molecule has 1 aliphatic heterocycles. The van der Waals surface area contributed by atoms with Crippen LogP contribution in [0.4, 0.5) is 0 Å². The van der Waals surface area contributed by atoms with Crippen LogP contribution >= 0.6 is 0 Å². The Hall–Kier alpha value is -4.02.